The number of amides is 1. The van der Waals surface area contributed by atoms with Gasteiger partial charge in [0.15, 0.2) is 6.04 Å². The number of rotatable bonds is 2. The fourth-order valence-corrected chi connectivity index (χ4v) is 5.92. The maximum Gasteiger partial charge on any atom is 0.331 e. The molecule has 0 aromatic heterocycles. The number of aliphatic carboxylic acids is 1. The molecule has 1 heterocycles. The first-order chi connectivity index (χ1) is 11.2. The van der Waals surface area contributed by atoms with Crippen molar-refractivity contribution in [1.29, 1.82) is 0 Å². The SMILES string of the molecule is O=C(O)C1c2ccccc2CCN1C(=O)C1C2C3CCC(C3)C12. The van der Waals surface area contributed by atoms with Crippen LogP contribution in [0.1, 0.15) is 36.4 Å². The van der Waals surface area contributed by atoms with Crippen molar-refractivity contribution in [2.45, 2.75) is 31.7 Å². The molecule has 5 unspecified atom stereocenters. The average molecular weight is 311 g/mol. The molecule has 1 aromatic rings. The quantitative estimate of drug-likeness (QED) is 0.913. The second kappa shape index (κ2) is 4.59. The van der Waals surface area contributed by atoms with E-state index in [2.05, 4.69) is 0 Å². The predicted molar refractivity (Wildman–Crippen MR) is 83.5 cm³/mol. The van der Waals surface area contributed by atoms with Crippen molar-refractivity contribution < 1.29 is 14.7 Å². The largest absolute Gasteiger partial charge is 0.479 e. The van der Waals surface area contributed by atoms with Crippen LogP contribution >= 0.6 is 0 Å². The van der Waals surface area contributed by atoms with Gasteiger partial charge in [-0.25, -0.2) is 4.79 Å². The van der Waals surface area contributed by atoms with Crippen LogP contribution in [0.25, 0.3) is 0 Å². The topological polar surface area (TPSA) is 57.6 Å². The highest BCUT2D eigenvalue weighted by Crippen LogP contribution is 2.69. The van der Waals surface area contributed by atoms with Crippen molar-refractivity contribution in [2.75, 3.05) is 6.54 Å². The summed E-state index contributed by atoms with van der Waals surface area (Å²) in [5, 5.41) is 9.73. The zero-order valence-corrected chi connectivity index (χ0v) is 13.0. The lowest BCUT2D eigenvalue weighted by Gasteiger charge is -2.35. The van der Waals surface area contributed by atoms with E-state index in [1.165, 1.54) is 19.3 Å². The summed E-state index contributed by atoms with van der Waals surface area (Å²) >= 11 is 0. The molecule has 5 rings (SSSR count). The van der Waals surface area contributed by atoms with Crippen molar-refractivity contribution >= 4 is 11.9 Å². The summed E-state index contributed by atoms with van der Waals surface area (Å²) in [6.07, 6.45) is 4.63. The Kier molecular flexibility index (Phi) is 2.71. The van der Waals surface area contributed by atoms with Crippen LogP contribution in [0.4, 0.5) is 0 Å². The van der Waals surface area contributed by atoms with Crippen molar-refractivity contribution in [3.63, 3.8) is 0 Å². The third-order valence-electron chi connectivity index (χ3n) is 6.82. The van der Waals surface area contributed by atoms with Crippen LogP contribution in [-0.2, 0) is 16.0 Å². The number of benzene rings is 1. The first-order valence-electron chi connectivity index (χ1n) is 8.78. The van der Waals surface area contributed by atoms with E-state index in [0.29, 0.717) is 18.4 Å². The minimum absolute atomic E-state index is 0.110. The van der Waals surface area contributed by atoms with Crippen LogP contribution in [0, 0.1) is 29.6 Å². The molecule has 4 nitrogen and oxygen atoms in total. The van der Waals surface area contributed by atoms with E-state index in [9.17, 15) is 14.7 Å². The number of hydrogen-bond acceptors (Lipinski definition) is 2. The van der Waals surface area contributed by atoms with E-state index in [1.807, 2.05) is 24.3 Å². The van der Waals surface area contributed by atoms with Crippen molar-refractivity contribution in [1.82, 2.24) is 4.90 Å². The van der Waals surface area contributed by atoms with Gasteiger partial charge in [0.25, 0.3) is 0 Å². The van der Waals surface area contributed by atoms with Gasteiger partial charge in [-0.1, -0.05) is 24.3 Å². The van der Waals surface area contributed by atoms with Gasteiger partial charge < -0.3 is 10.0 Å². The van der Waals surface area contributed by atoms with Crippen LogP contribution in [0.5, 0.6) is 0 Å². The minimum atomic E-state index is -0.903. The summed E-state index contributed by atoms with van der Waals surface area (Å²) in [7, 11) is 0. The van der Waals surface area contributed by atoms with Crippen LogP contribution < -0.4 is 0 Å². The number of carbonyl (C=O) groups is 2. The van der Waals surface area contributed by atoms with Crippen molar-refractivity contribution in [3.05, 3.63) is 35.4 Å². The Morgan fingerprint density at radius 3 is 2.48 bits per heavy atom. The molecule has 3 saturated carbocycles. The Balaban J connectivity index is 1.44. The van der Waals surface area contributed by atoms with Gasteiger partial charge in [-0.15, -0.1) is 0 Å². The van der Waals surface area contributed by atoms with Gasteiger partial charge >= 0.3 is 5.97 Å². The summed E-state index contributed by atoms with van der Waals surface area (Å²) < 4.78 is 0. The summed E-state index contributed by atoms with van der Waals surface area (Å²) in [5.41, 5.74) is 1.87. The molecule has 0 spiro atoms. The Bertz CT molecular complexity index is 684. The number of fused-ring (bicyclic) bond motifs is 6. The smallest absolute Gasteiger partial charge is 0.331 e. The maximum absolute atomic E-state index is 13.1. The third kappa shape index (κ3) is 1.78. The van der Waals surface area contributed by atoms with Crippen LogP contribution in [-0.4, -0.2) is 28.4 Å². The van der Waals surface area contributed by atoms with E-state index in [0.717, 1.165) is 29.4 Å². The van der Waals surface area contributed by atoms with E-state index in [1.54, 1.807) is 4.90 Å². The lowest BCUT2D eigenvalue weighted by atomic mass is 9.91. The van der Waals surface area contributed by atoms with E-state index in [4.69, 9.17) is 0 Å². The number of nitrogens with zero attached hydrogens (tertiary/aromatic N) is 1. The van der Waals surface area contributed by atoms with Gasteiger partial charge in [0.1, 0.15) is 0 Å². The third-order valence-corrected chi connectivity index (χ3v) is 6.82. The normalized spacial score (nSPS) is 39.7. The summed E-state index contributed by atoms with van der Waals surface area (Å²) in [4.78, 5) is 26.6. The first kappa shape index (κ1) is 13.6. The fourth-order valence-electron chi connectivity index (χ4n) is 5.92. The van der Waals surface area contributed by atoms with E-state index < -0.39 is 12.0 Å². The van der Waals surface area contributed by atoms with Gasteiger partial charge in [-0.05, 0) is 60.5 Å². The molecule has 0 saturated heterocycles. The predicted octanol–water partition coefficient (Wildman–Crippen LogP) is 2.49. The van der Waals surface area contributed by atoms with Gasteiger partial charge in [-0.3, -0.25) is 4.79 Å². The molecule has 5 atom stereocenters. The number of carbonyl (C=O) groups excluding carboxylic acids is 1. The van der Waals surface area contributed by atoms with Crippen molar-refractivity contribution in [3.8, 4) is 0 Å². The standard InChI is InChI=1S/C19H21NO3/c21-18(16-14-11-5-6-12(9-11)15(14)16)20-8-7-10-3-1-2-4-13(10)17(20)19(22)23/h1-4,11-12,14-17H,5-9H2,(H,22,23). The molecule has 1 N–H and O–H groups in total. The molecule has 1 aromatic carbocycles. The van der Waals surface area contributed by atoms with Gasteiger partial charge in [0.2, 0.25) is 5.91 Å². The molecule has 1 aliphatic heterocycles. The lowest BCUT2D eigenvalue weighted by Crippen LogP contribution is -2.45. The molecular weight excluding hydrogens is 290 g/mol. The molecule has 1 amide bonds. The lowest BCUT2D eigenvalue weighted by molar-refractivity contribution is -0.152. The Hall–Kier alpha value is -1.84. The van der Waals surface area contributed by atoms with E-state index in [-0.39, 0.29) is 11.8 Å². The molecule has 0 radical (unpaired) electrons. The van der Waals surface area contributed by atoms with Crippen molar-refractivity contribution in [2.24, 2.45) is 29.6 Å². The molecule has 120 valence electrons. The van der Waals surface area contributed by atoms with Crippen LogP contribution in [0.3, 0.4) is 0 Å². The highest BCUT2D eigenvalue weighted by Gasteiger charge is 2.68. The summed E-state index contributed by atoms with van der Waals surface area (Å²) in [5.74, 6) is 1.92. The minimum Gasteiger partial charge on any atom is -0.479 e. The molecule has 3 fully saturated rings. The number of hydrogen-bond donors (Lipinski definition) is 1. The zero-order valence-electron chi connectivity index (χ0n) is 13.0. The average Bonchev–Trinajstić information content (AvgIpc) is 2.99. The number of carboxylic acids is 1. The van der Waals surface area contributed by atoms with Gasteiger partial charge in [-0.2, -0.15) is 0 Å². The number of carboxylic acid groups (broad SMARTS) is 1. The highest BCUT2D eigenvalue weighted by atomic mass is 16.4. The molecular formula is C19H21NO3. The maximum atomic E-state index is 13.1. The summed E-state index contributed by atoms with van der Waals surface area (Å²) in [6, 6.07) is 6.86. The summed E-state index contributed by atoms with van der Waals surface area (Å²) in [6.45, 7) is 0.540. The Morgan fingerprint density at radius 1 is 1.09 bits per heavy atom. The fraction of sp³-hybridized carbons (Fsp3) is 0.579. The second-order valence-corrected chi connectivity index (χ2v) is 7.73. The van der Waals surface area contributed by atoms with E-state index >= 15 is 0 Å². The molecule has 3 aliphatic carbocycles. The second-order valence-electron chi connectivity index (χ2n) is 7.73. The first-order valence-corrected chi connectivity index (χ1v) is 8.78. The van der Waals surface area contributed by atoms with Gasteiger partial charge in [0.05, 0.1) is 0 Å². The molecule has 4 aliphatic rings. The molecule has 2 bridgehead atoms. The highest BCUT2D eigenvalue weighted by molar-refractivity contribution is 5.89. The van der Waals surface area contributed by atoms with Crippen LogP contribution in [0.2, 0.25) is 0 Å². The Morgan fingerprint density at radius 2 is 1.78 bits per heavy atom. The monoisotopic (exact) mass is 311 g/mol. The zero-order chi connectivity index (χ0) is 15.7. The van der Waals surface area contributed by atoms with Gasteiger partial charge in [0, 0.05) is 12.5 Å². The van der Waals surface area contributed by atoms with Crippen LogP contribution in [0.15, 0.2) is 24.3 Å². The molecule has 4 heteroatoms. The Labute approximate surface area is 135 Å². The molecule has 23 heavy (non-hydrogen) atoms.